The Morgan fingerprint density at radius 1 is 1.21 bits per heavy atom. The van der Waals surface area contributed by atoms with Gasteiger partial charge in [0.05, 0.1) is 0 Å². The van der Waals surface area contributed by atoms with Crippen LogP contribution in [0.1, 0.15) is 30.1 Å². The Morgan fingerprint density at radius 2 is 2.07 bits per heavy atom. The summed E-state index contributed by atoms with van der Waals surface area (Å²) < 4.78 is 0. The van der Waals surface area contributed by atoms with Crippen molar-refractivity contribution in [3.05, 3.63) is 53.1 Å². The van der Waals surface area contributed by atoms with Crippen LogP contribution in [0.25, 0.3) is 5.57 Å². The molecule has 1 aromatic carbocycles. The van der Waals surface area contributed by atoms with E-state index < -0.39 is 6.10 Å². The smallest absolute Gasteiger partial charge is 0.105 e. The summed E-state index contributed by atoms with van der Waals surface area (Å²) in [6, 6.07) is 8.16. The van der Waals surface area contributed by atoms with Gasteiger partial charge in [-0.2, -0.15) is 0 Å². The molecule has 0 amide bonds. The molecule has 0 radical (unpaired) electrons. The van der Waals surface area contributed by atoms with E-state index in [-0.39, 0.29) is 0 Å². The van der Waals surface area contributed by atoms with Crippen molar-refractivity contribution in [3.8, 4) is 0 Å². The molecule has 70 valence electrons. The maximum absolute atomic E-state index is 10.1. The molecule has 3 rings (SSSR count). The van der Waals surface area contributed by atoms with E-state index >= 15 is 0 Å². The van der Waals surface area contributed by atoms with Gasteiger partial charge in [0.25, 0.3) is 0 Å². The molecule has 0 heterocycles. The van der Waals surface area contributed by atoms with Gasteiger partial charge in [0, 0.05) is 0 Å². The van der Waals surface area contributed by atoms with Gasteiger partial charge in [-0.15, -0.1) is 0 Å². The highest BCUT2D eigenvalue weighted by molar-refractivity contribution is 5.80. The average molecular weight is 184 g/mol. The van der Waals surface area contributed by atoms with Crippen molar-refractivity contribution in [2.75, 3.05) is 0 Å². The van der Waals surface area contributed by atoms with E-state index in [1.54, 1.807) is 0 Å². The molecule has 1 atom stereocenters. The minimum absolute atomic E-state index is 0.391. The zero-order chi connectivity index (χ0) is 9.54. The Bertz CT molecular complexity index is 440. The van der Waals surface area contributed by atoms with Crippen LogP contribution >= 0.6 is 0 Å². The highest BCUT2D eigenvalue weighted by Gasteiger charge is 2.28. The lowest BCUT2D eigenvalue weighted by Gasteiger charge is -2.10. The summed E-state index contributed by atoms with van der Waals surface area (Å²) in [5.41, 5.74) is 4.77. The lowest BCUT2D eigenvalue weighted by atomic mass is 9.97. The Balaban J connectivity index is 2.23. The molecule has 1 nitrogen and oxygen atoms in total. The Labute approximate surface area is 83.4 Å². The summed E-state index contributed by atoms with van der Waals surface area (Å²) in [5.74, 6) is 0. The summed E-state index contributed by atoms with van der Waals surface area (Å²) in [4.78, 5) is 0. The third-order valence-corrected chi connectivity index (χ3v) is 3.08. The van der Waals surface area contributed by atoms with Gasteiger partial charge in [-0.3, -0.25) is 0 Å². The molecule has 0 saturated heterocycles. The lowest BCUT2D eigenvalue weighted by molar-refractivity contribution is 0.223. The zero-order valence-electron chi connectivity index (χ0n) is 7.90. The third kappa shape index (κ3) is 0.933. The second-order valence-corrected chi connectivity index (χ2v) is 3.86. The standard InChI is InChI=1S/C13H12O/c14-13-11-7-3-1-5-9(11)10-6-2-4-8-12(10)13/h1,3-5,7-8,13-14H,2,6H2. The molecule has 0 aromatic heterocycles. The molecule has 0 spiro atoms. The topological polar surface area (TPSA) is 20.2 Å². The van der Waals surface area contributed by atoms with E-state index in [1.165, 1.54) is 11.1 Å². The maximum Gasteiger partial charge on any atom is 0.105 e. The minimum Gasteiger partial charge on any atom is -0.384 e. The Hall–Kier alpha value is -1.34. The predicted octanol–water partition coefficient (Wildman–Crippen LogP) is 2.84. The predicted molar refractivity (Wildman–Crippen MR) is 56.7 cm³/mol. The first-order chi connectivity index (χ1) is 6.88. The van der Waals surface area contributed by atoms with E-state index in [4.69, 9.17) is 0 Å². The van der Waals surface area contributed by atoms with E-state index in [0.717, 1.165) is 24.0 Å². The highest BCUT2D eigenvalue weighted by atomic mass is 16.3. The second kappa shape index (κ2) is 2.82. The SMILES string of the molecule is OC1C2=C(CCC=C2)c2ccccc21. The molecule has 0 fully saturated rings. The van der Waals surface area contributed by atoms with Crippen LogP contribution in [0.4, 0.5) is 0 Å². The fraction of sp³-hybridized carbons (Fsp3) is 0.231. The molecule has 1 heteroatoms. The van der Waals surface area contributed by atoms with Crippen molar-refractivity contribution in [1.29, 1.82) is 0 Å². The van der Waals surface area contributed by atoms with Crippen LogP contribution in [0.15, 0.2) is 42.0 Å². The highest BCUT2D eigenvalue weighted by Crippen LogP contribution is 2.44. The van der Waals surface area contributed by atoms with Gasteiger partial charge in [0.15, 0.2) is 0 Å². The van der Waals surface area contributed by atoms with Gasteiger partial charge in [-0.25, -0.2) is 0 Å². The normalized spacial score (nSPS) is 23.6. The van der Waals surface area contributed by atoms with Gasteiger partial charge >= 0.3 is 0 Å². The number of benzene rings is 1. The van der Waals surface area contributed by atoms with Crippen molar-refractivity contribution in [1.82, 2.24) is 0 Å². The first-order valence-corrected chi connectivity index (χ1v) is 5.05. The Morgan fingerprint density at radius 3 is 3.00 bits per heavy atom. The van der Waals surface area contributed by atoms with Gasteiger partial charge in [-0.1, -0.05) is 36.4 Å². The molecular weight excluding hydrogens is 172 g/mol. The van der Waals surface area contributed by atoms with E-state index in [9.17, 15) is 5.11 Å². The van der Waals surface area contributed by atoms with Crippen molar-refractivity contribution < 1.29 is 5.11 Å². The number of allylic oxidation sites excluding steroid dienone is 2. The largest absolute Gasteiger partial charge is 0.384 e. The minimum atomic E-state index is -0.391. The molecule has 1 N–H and O–H groups in total. The number of aliphatic hydroxyl groups excluding tert-OH is 1. The van der Waals surface area contributed by atoms with Gasteiger partial charge in [0.1, 0.15) is 6.10 Å². The molecule has 2 aliphatic carbocycles. The first kappa shape index (κ1) is 8.01. The van der Waals surface area contributed by atoms with E-state index in [2.05, 4.69) is 18.2 Å². The number of hydrogen-bond acceptors (Lipinski definition) is 1. The molecule has 0 bridgehead atoms. The third-order valence-electron chi connectivity index (χ3n) is 3.08. The van der Waals surface area contributed by atoms with Crippen molar-refractivity contribution in [3.63, 3.8) is 0 Å². The van der Waals surface area contributed by atoms with Crippen LogP contribution in [0, 0.1) is 0 Å². The second-order valence-electron chi connectivity index (χ2n) is 3.86. The van der Waals surface area contributed by atoms with Crippen LogP contribution in [-0.4, -0.2) is 5.11 Å². The summed E-state index contributed by atoms with van der Waals surface area (Å²) in [6.45, 7) is 0. The van der Waals surface area contributed by atoms with Gasteiger partial charge in [-0.05, 0) is 35.1 Å². The molecule has 0 saturated carbocycles. The monoisotopic (exact) mass is 184 g/mol. The fourth-order valence-electron chi connectivity index (χ4n) is 2.41. The first-order valence-electron chi connectivity index (χ1n) is 5.05. The van der Waals surface area contributed by atoms with Crippen molar-refractivity contribution in [2.45, 2.75) is 18.9 Å². The molecular formula is C13H12O. The van der Waals surface area contributed by atoms with Crippen molar-refractivity contribution >= 4 is 5.57 Å². The van der Waals surface area contributed by atoms with E-state index in [1.807, 2.05) is 18.2 Å². The average Bonchev–Trinajstić information content (AvgIpc) is 2.55. The molecule has 1 aromatic rings. The molecule has 14 heavy (non-hydrogen) atoms. The number of aliphatic hydroxyl groups is 1. The summed E-state index contributed by atoms with van der Waals surface area (Å²) in [7, 11) is 0. The van der Waals surface area contributed by atoms with E-state index in [0.29, 0.717) is 0 Å². The van der Waals surface area contributed by atoms with Crippen LogP contribution in [-0.2, 0) is 0 Å². The maximum atomic E-state index is 10.1. The summed E-state index contributed by atoms with van der Waals surface area (Å²) in [6.07, 6.45) is 6.00. The molecule has 2 aliphatic rings. The number of hydrogen-bond donors (Lipinski definition) is 1. The Kier molecular flexibility index (Phi) is 1.62. The fourth-order valence-corrected chi connectivity index (χ4v) is 2.41. The molecule has 0 aliphatic heterocycles. The lowest BCUT2D eigenvalue weighted by Crippen LogP contribution is -1.95. The summed E-state index contributed by atoms with van der Waals surface area (Å²) >= 11 is 0. The van der Waals surface area contributed by atoms with Crippen LogP contribution < -0.4 is 0 Å². The zero-order valence-corrected chi connectivity index (χ0v) is 7.90. The number of rotatable bonds is 0. The van der Waals surface area contributed by atoms with Crippen LogP contribution in [0.5, 0.6) is 0 Å². The van der Waals surface area contributed by atoms with Gasteiger partial charge < -0.3 is 5.11 Å². The van der Waals surface area contributed by atoms with Crippen LogP contribution in [0.2, 0.25) is 0 Å². The van der Waals surface area contributed by atoms with Crippen molar-refractivity contribution in [2.24, 2.45) is 0 Å². The summed E-state index contributed by atoms with van der Waals surface area (Å²) in [5, 5.41) is 10.1. The molecule has 1 unspecified atom stereocenters. The van der Waals surface area contributed by atoms with Crippen LogP contribution in [0.3, 0.4) is 0 Å². The quantitative estimate of drug-likeness (QED) is 0.657. The van der Waals surface area contributed by atoms with Gasteiger partial charge in [0.2, 0.25) is 0 Å². The number of fused-ring (bicyclic) bond motifs is 2.